The Morgan fingerprint density at radius 2 is 1.80 bits per heavy atom. The van der Waals surface area contributed by atoms with Gasteiger partial charge in [0.25, 0.3) is 11.8 Å². The summed E-state index contributed by atoms with van der Waals surface area (Å²) in [6.07, 6.45) is 2.45. The Balaban J connectivity index is 1.75. The number of hydrogen-bond acceptors (Lipinski definition) is 6. The number of nitrogens with one attached hydrogen (secondary N) is 1. The molecule has 162 valence electrons. The topological polar surface area (TPSA) is 86.8 Å². The monoisotopic (exact) mass is 413 g/mol. The van der Waals surface area contributed by atoms with Crippen LogP contribution in [-0.2, 0) is 9.59 Å². The van der Waals surface area contributed by atoms with Gasteiger partial charge in [0.15, 0.2) is 5.78 Å². The quantitative estimate of drug-likeness (QED) is 0.521. The maximum Gasteiger partial charge on any atom is 0.264 e. The van der Waals surface area contributed by atoms with Crippen LogP contribution in [0.15, 0.2) is 18.2 Å². The van der Waals surface area contributed by atoms with Gasteiger partial charge in [-0.05, 0) is 51.0 Å². The fourth-order valence-electron chi connectivity index (χ4n) is 4.28. The van der Waals surface area contributed by atoms with E-state index in [-0.39, 0.29) is 30.8 Å². The summed E-state index contributed by atoms with van der Waals surface area (Å²) in [5.74, 6) is -0.924. The molecule has 1 atom stereocenters. The average Bonchev–Trinajstić information content (AvgIpc) is 2.99. The summed E-state index contributed by atoms with van der Waals surface area (Å²) in [4.78, 5) is 54.1. The number of anilines is 1. The highest BCUT2D eigenvalue weighted by molar-refractivity contribution is 6.25. The minimum absolute atomic E-state index is 0.0830. The van der Waals surface area contributed by atoms with Gasteiger partial charge in [-0.25, -0.2) is 0 Å². The Hall–Kier alpha value is -2.54. The van der Waals surface area contributed by atoms with Crippen LogP contribution in [0, 0.1) is 0 Å². The van der Waals surface area contributed by atoms with Crippen molar-refractivity contribution in [3.63, 3.8) is 0 Å². The van der Waals surface area contributed by atoms with Gasteiger partial charge in [0.1, 0.15) is 5.78 Å². The number of imide groups is 1. The molecule has 0 saturated heterocycles. The first-order chi connectivity index (χ1) is 14.5. The van der Waals surface area contributed by atoms with Gasteiger partial charge in [-0.2, -0.15) is 0 Å². The molecule has 7 nitrogen and oxygen atoms in total. The maximum absolute atomic E-state index is 13.2. The molecule has 1 heterocycles. The van der Waals surface area contributed by atoms with E-state index in [1.807, 2.05) is 0 Å². The molecule has 2 amide bonds. The van der Waals surface area contributed by atoms with Crippen LogP contribution in [0.2, 0.25) is 0 Å². The van der Waals surface area contributed by atoms with Gasteiger partial charge in [-0.1, -0.05) is 19.9 Å². The molecule has 0 bridgehead atoms. The van der Waals surface area contributed by atoms with Crippen LogP contribution >= 0.6 is 0 Å². The highest BCUT2D eigenvalue weighted by atomic mass is 16.2. The number of nitrogens with zero attached hydrogens (tertiary/aromatic N) is 2. The van der Waals surface area contributed by atoms with Crippen molar-refractivity contribution in [2.75, 3.05) is 31.5 Å². The summed E-state index contributed by atoms with van der Waals surface area (Å²) >= 11 is 0. The molecule has 2 aliphatic rings. The summed E-state index contributed by atoms with van der Waals surface area (Å²) in [5.41, 5.74) is 1.30. The van der Waals surface area contributed by atoms with Crippen molar-refractivity contribution in [3.05, 3.63) is 29.3 Å². The number of amides is 2. The highest BCUT2D eigenvalue weighted by Gasteiger charge is 2.44. The van der Waals surface area contributed by atoms with E-state index in [1.165, 1.54) is 0 Å². The number of carbonyl (C=O) groups excluding carboxylic acids is 4. The number of hydrogen-bond donors (Lipinski definition) is 1. The van der Waals surface area contributed by atoms with Gasteiger partial charge < -0.3 is 10.2 Å². The lowest BCUT2D eigenvalue weighted by Gasteiger charge is -2.26. The predicted molar refractivity (Wildman–Crippen MR) is 115 cm³/mol. The van der Waals surface area contributed by atoms with E-state index in [0.29, 0.717) is 36.2 Å². The van der Waals surface area contributed by atoms with Crippen molar-refractivity contribution < 1.29 is 19.2 Å². The van der Waals surface area contributed by atoms with Gasteiger partial charge in [0, 0.05) is 31.5 Å². The molecular formula is C23H31N3O4. The van der Waals surface area contributed by atoms with Crippen molar-refractivity contribution >= 4 is 29.1 Å². The van der Waals surface area contributed by atoms with Crippen LogP contribution in [0.1, 0.15) is 73.1 Å². The lowest BCUT2D eigenvalue weighted by Crippen LogP contribution is -2.45. The lowest BCUT2D eigenvalue weighted by atomic mass is 9.94. The fourth-order valence-corrected chi connectivity index (χ4v) is 4.28. The van der Waals surface area contributed by atoms with Crippen molar-refractivity contribution in [3.8, 4) is 0 Å². The lowest BCUT2D eigenvalue weighted by molar-refractivity contribution is -0.125. The van der Waals surface area contributed by atoms with Crippen LogP contribution < -0.4 is 5.32 Å². The molecule has 3 rings (SSSR count). The Morgan fingerprint density at radius 3 is 2.53 bits per heavy atom. The van der Waals surface area contributed by atoms with Crippen LogP contribution in [0.25, 0.3) is 0 Å². The average molecular weight is 414 g/mol. The number of benzene rings is 1. The van der Waals surface area contributed by atoms with Crippen LogP contribution in [0.5, 0.6) is 0 Å². The number of ketones is 2. The molecular weight excluding hydrogens is 382 g/mol. The molecule has 1 unspecified atom stereocenters. The predicted octanol–water partition coefficient (Wildman–Crippen LogP) is 2.90. The normalized spacial score (nSPS) is 19.8. The molecule has 0 radical (unpaired) electrons. The third-order valence-corrected chi connectivity index (χ3v) is 6.07. The zero-order chi connectivity index (χ0) is 21.7. The van der Waals surface area contributed by atoms with E-state index in [1.54, 1.807) is 18.2 Å². The van der Waals surface area contributed by atoms with E-state index in [2.05, 4.69) is 24.1 Å². The maximum atomic E-state index is 13.2. The molecule has 30 heavy (non-hydrogen) atoms. The Bertz CT molecular complexity index is 832. The third kappa shape index (κ3) is 4.61. The number of rotatable bonds is 8. The highest BCUT2D eigenvalue weighted by Crippen LogP contribution is 2.32. The third-order valence-electron chi connectivity index (χ3n) is 6.07. The molecule has 0 spiro atoms. The molecule has 1 aromatic carbocycles. The van der Waals surface area contributed by atoms with E-state index >= 15 is 0 Å². The van der Waals surface area contributed by atoms with Crippen molar-refractivity contribution in [1.82, 2.24) is 9.80 Å². The van der Waals surface area contributed by atoms with E-state index in [9.17, 15) is 19.2 Å². The van der Waals surface area contributed by atoms with Gasteiger partial charge in [-0.15, -0.1) is 0 Å². The second-order valence-corrected chi connectivity index (χ2v) is 7.93. The molecule has 1 aliphatic heterocycles. The van der Waals surface area contributed by atoms with Crippen LogP contribution in [0.3, 0.4) is 0 Å². The van der Waals surface area contributed by atoms with Crippen molar-refractivity contribution in [2.24, 2.45) is 0 Å². The summed E-state index contributed by atoms with van der Waals surface area (Å²) in [6, 6.07) is 4.34. The second-order valence-electron chi connectivity index (χ2n) is 7.93. The molecule has 1 aliphatic carbocycles. The summed E-state index contributed by atoms with van der Waals surface area (Å²) in [6.45, 7) is 7.90. The Kier molecular flexibility index (Phi) is 7.37. The smallest absolute Gasteiger partial charge is 0.264 e. The van der Waals surface area contributed by atoms with Gasteiger partial charge in [-0.3, -0.25) is 24.1 Å². The first-order valence-corrected chi connectivity index (χ1v) is 11.0. The fraction of sp³-hybridized carbons (Fsp3) is 0.565. The molecule has 1 N–H and O–H groups in total. The molecule has 1 saturated carbocycles. The summed E-state index contributed by atoms with van der Waals surface area (Å²) in [5, 5.41) is 3.30. The zero-order valence-electron chi connectivity index (χ0n) is 17.9. The van der Waals surface area contributed by atoms with Gasteiger partial charge in [0.05, 0.1) is 17.2 Å². The van der Waals surface area contributed by atoms with E-state index < -0.39 is 17.9 Å². The minimum Gasteiger partial charge on any atom is -0.384 e. The zero-order valence-corrected chi connectivity index (χ0v) is 17.9. The van der Waals surface area contributed by atoms with Crippen molar-refractivity contribution in [1.29, 1.82) is 0 Å². The largest absolute Gasteiger partial charge is 0.384 e. The molecule has 1 fully saturated rings. The molecule has 0 aromatic heterocycles. The Labute approximate surface area is 177 Å². The second kappa shape index (κ2) is 9.98. The van der Waals surface area contributed by atoms with Crippen LogP contribution in [-0.4, -0.2) is 65.4 Å². The minimum atomic E-state index is -0.850. The summed E-state index contributed by atoms with van der Waals surface area (Å²) < 4.78 is 0. The van der Waals surface area contributed by atoms with Crippen LogP contribution in [0.4, 0.5) is 5.69 Å². The standard InChI is InChI=1S/C23H31N3O4/c1-3-25(4-2)15-7-14-24-18-10-6-9-17-21(18)23(30)26(22(17)29)19-13-12-16(27)8-5-11-20(19)28/h6,9-10,19,24H,3-5,7-8,11-15H2,1-2H3. The first-order valence-electron chi connectivity index (χ1n) is 11.0. The number of fused-ring (bicyclic) bond motifs is 1. The van der Waals surface area contributed by atoms with Gasteiger partial charge >= 0.3 is 0 Å². The first kappa shape index (κ1) is 22.2. The van der Waals surface area contributed by atoms with Gasteiger partial charge in [0.2, 0.25) is 0 Å². The van der Waals surface area contributed by atoms with E-state index in [4.69, 9.17) is 0 Å². The molecule has 1 aromatic rings. The van der Waals surface area contributed by atoms with E-state index in [0.717, 1.165) is 31.0 Å². The summed E-state index contributed by atoms with van der Waals surface area (Å²) in [7, 11) is 0. The molecule has 7 heteroatoms. The Morgan fingerprint density at radius 1 is 1.03 bits per heavy atom. The number of Topliss-reactive ketones (excluding diaryl/α,β-unsaturated/α-hetero) is 2. The SMILES string of the molecule is CCN(CC)CCCNc1cccc2c1C(=O)N(C1CCC(=O)CCCC1=O)C2=O. The van der Waals surface area contributed by atoms with Crippen molar-refractivity contribution in [2.45, 2.75) is 58.4 Å². The number of carbonyl (C=O) groups is 4.